The van der Waals surface area contributed by atoms with Crippen LogP contribution in [0.3, 0.4) is 0 Å². The van der Waals surface area contributed by atoms with E-state index in [2.05, 4.69) is 14.9 Å². The molecule has 168 valence electrons. The van der Waals surface area contributed by atoms with E-state index in [4.69, 9.17) is 14.6 Å². The number of hydrogen-bond donors (Lipinski definition) is 1. The van der Waals surface area contributed by atoms with E-state index >= 15 is 0 Å². The second-order valence-electron chi connectivity index (χ2n) is 7.35. The highest BCUT2D eigenvalue weighted by Gasteiger charge is 2.43. The molecule has 1 N–H and O–H groups in total. The van der Waals surface area contributed by atoms with Gasteiger partial charge in [0.15, 0.2) is 0 Å². The Kier molecular flexibility index (Phi) is 8.54. The smallest absolute Gasteiger partial charge is 0.475 e. The summed E-state index contributed by atoms with van der Waals surface area (Å²) in [5.41, 5.74) is 0.749. The normalized spacial score (nSPS) is 18.7. The van der Waals surface area contributed by atoms with Crippen molar-refractivity contribution in [2.24, 2.45) is 0 Å². The minimum Gasteiger partial charge on any atom is -0.475 e. The van der Waals surface area contributed by atoms with Gasteiger partial charge in [0.1, 0.15) is 5.69 Å². The number of aliphatic carboxylic acids is 1. The van der Waals surface area contributed by atoms with Crippen molar-refractivity contribution in [3.05, 3.63) is 24.3 Å². The Morgan fingerprint density at radius 3 is 2.40 bits per heavy atom. The van der Waals surface area contributed by atoms with Crippen LogP contribution in [0.25, 0.3) is 0 Å². The lowest BCUT2D eigenvalue weighted by Gasteiger charge is -2.45. The van der Waals surface area contributed by atoms with E-state index in [1.54, 1.807) is 25.7 Å². The first-order chi connectivity index (χ1) is 14.2. The van der Waals surface area contributed by atoms with E-state index in [0.29, 0.717) is 11.2 Å². The van der Waals surface area contributed by atoms with Crippen LogP contribution >= 0.6 is 0 Å². The standard InChI is InChI=1S/C17H26N4O2.C2HF3O2/c1-23-13-3-10-21-9-2-4-17(21)5-11-20(12-6-17)16(22)15-14-18-7-8-19-15;3-2(4,5)1(6)7/h7-8,14H,2-6,9-13H2,1H3;(H,6,7). The minimum atomic E-state index is -5.08. The number of rotatable bonds is 5. The number of piperidine rings is 1. The average molecular weight is 432 g/mol. The lowest BCUT2D eigenvalue weighted by atomic mass is 9.84. The number of ether oxygens (including phenoxy) is 1. The Bertz CT molecular complexity index is 695. The van der Waals surface area contributed by atoms with Gasteiger partial charge in [0, 0.05) is 51.3 Å². The summed E-state index contributed by atoms with van der Waals surface area (Å²) in [5, 5.41) is 7.12. The van der Waals surface area contributed by atoms with Crippen molar-refractivity contribution in [3.8, 4) is 0 Å². The third-order valence-corrected chi connectivity index (χ3v) is 5.52. The van der Waals surface area contributed by atoms with Gasteiger partial charge >= 0.3 is 12.1 Å². The molecule has 0 radical (unpaired) electrons. The number of carbonyl (C=O) groups excluding carboxylic acids is 1. The summed E-state index contributed by atoms with van der Waals surface area (Å²) in [6, 6.07) is 0. The molecule has 1 spiro atoms. The summed E-state index contributed by atoms with van der Waals surface area (Å²) in [5.74, 6) is -2.75. The SMILES string of the molecule is COCCCN1CCCC12CCN(C(=O)c1cnccn1)CC2.O=C(O)C(F)(F)F. The quantitative estimate of drug-likeness (QED) is 0.713. The van der Waals surface area contributed by atoms with Crippen LogP contribution in [-0.4, -0.2) is 88.4 Å². The fourth-order valence-corrected chi connectivity index (χ4v) is 4.01. The molecule has 1 amide bonds. The van der Waals surface area contributed by atoms with Crippen LogP contribution < -0.4 is 0 Å². The van der Waals surface area contributed by atoms with Crippen LogP contribution in [0.15, 0.2) is 18.6 Å². The summed E-state index contributed by atoms with van der Waals surface area (Å²) in [6.07, 6.45) is 5.38. The molecule has 30 heavy (non-hydrogen) atoms. The fourth-order valence-electron chi connectivity index (χ4n) is 4.01. The molecule has 0 aromatic carbocycles. The van der Waals surface area contributed by atoms with Crippen LogP contribution in [0.4, 0.5) is 13.2 Å². The van der Waals surface area contributed by atoms with Gasteiger partial charge in [-0.05, 0) is 38.6 Å². The monoisotopic (exact) mass is 432 g/mol. The maximum atomic E-state index is 12.5. The number of likely N-dealkylation sites (tertiary alicyclic amines) is 2. The van der Waals surface area contributed by atoms with Crippen molar-refractivity contribution >= 4 is 11.9 Å². The first kappa shape index (κ1) is 24.0. The molecule has 3 rings (SSSR count). The molecule has 8 nitrogen and oxygen atoms in total. The van der Waals surface area contributed by atoms with E-state index in [1.807, 2.05) is 4.90 Å². The van der Waals surface area contributed by atoms with Crippen molar-refractivity contribution in [2.45, 2.75) is 43.8 Å². The maximum absolute atomic E-state index is 12.5. The van der Waals surface area contributed by atoms with Crippen LogP contribution in [-0.2, 0) is 9.53 Å². The molecule has 2 fully saturated rings. The molecule has 1 aromatic rings. The largest absolute Gasteiger partial charge is 0.490 e. The molecule has 0 bridgehead atoms. The van der Waals surface area contributed by atoms with Crippen molar-refractivity contribution in [1.29, 1.82) is 0 Å². The third kappa shape index (κ3) is 6.36. The molecule has 0 atom stereocenters. The highest BCUT2D eigenvalue weighted by atomic mass is 19.4. The van der Waals surface area contributed by atoms with E-state index in [-0.39, 0.29) is 5.91 Å². The molecule has 2 aliphatic heterocycles. The molecule has 1 aromatic heterocycles. The Morgan fingerprint density at radius 2 is 1.87 bits per heavy atom. The first-order valence-electron chi connectivity index (χ1n) is 9.79. The zero-order valence-corrected chi connectivity index (χ0v) is 16.9. The Hall–Kier alpha value is -2.27. The van der Waals surface area contributed by atoms with Gasteiger partial charge in [-0.1, -0.05) is 0 Å². The summed E-state index contributed by atoms with van der Waals surface area (Å²) in [6.45, 7) is 4.74. The van der Waals surface area contributed by atoms with E-state index in [0.717, 1.165) is 45.5 Å². The molecule has 0 unspecified atom stereocenters. The molecular weight excluding hydrogens is 405 g/mol. The number of halogens is 3. The Labute approximate surface area is 173 Å². The second kappa shape index (κ2) is 10.7. The molecule has 0 saturated carbocycles. The number of aromatic nitrogens is 2. The van der Waals surface area contributed by atoms with Crippen LogP contribution in [0.5, 0.6) is 0 Å². The van der Waals surface area contributed by atoms with Gasteiger partial charge in [-0.15, -0.1) is 0 Å². The molecule has 0 aliphatic carbocycles. The number of carbonyl (C=O) groups is 2. The Morgan fingerprint density at radius 1 is 1.20 bits per heavy atom. The highest BCUT2D eigenvalue weighted by molar-refractivity contribution is 5.92. The predicted molar refractivity (Wildman–Crippen MR) is 101 cm³/mol. The van der Waals surface area contributed by atoms with Crippen molar-refractivity contribution < 1.29 is 32.6 Å². The van der Waals surface area contributed by atoms with Crippen molar-refractivity contribution in [1.82, 2.24) is 19.8 Å². The lowest BCUT2D eigenvalue weighted by Crippen LogP contribution is -2.53. The predicted octanol–water partition coefficient (Wildman–Crippen LogP) is 2.22. The van der Waals surface area contributed by atoms with E-state index < -0.39 is 12.1 Å². The van der Waals surface area contributed by atoms with Gasteiger partial charge in [-0.3, -0.25) is 14.7 Å². The number of hydrogen-bond acceptors (Lipinski definition) is 6. The van der Waals surface area contributed by atoms with Gasteiger partial charge in [0.2, 0.25) is 0 Å². The minimum absolute atomic E-state index is 0.0110. The van der Waals surface area contributed by atoms with Crippen molar-refractivity contribution in [3.63, 3.8) is 0 Å². The van der Waals surface area contributed by atoms with Crippen LogP contribution in [0.2, 0.25) is 0 Å². The Balaban J connectivity index is 0.000000396. The maximum Gasteiger partial charge on any atom is 0.490 e. The summed E-state index contributed by atoms with van der Waals surface area (Å²) in [4.78, 5) is 34.1. The van der Waals surface area contributed by atoms with Gasteiger partial charge in [-0.2, -0.15) is 13.2 Å². The van der Waals surface area contributed by atoms with E-state index in [9.17, 15) is 18.0 Å². The molecule has 3 heterocycles. The van der Waals surface area contributed by atoms with E-state index in [1.165, 1.54) is 19.4 Å². The lowest BCUT2D eigenvalue weighted by molar-refractivity contribution is -0.192. The van der Waals surface area contributed by atoms with Gasteiger partial charge in [-0.25, -0.2) is 9.78 Å². The number of alkyl halides is 3. The van der Waals surface area contributed by atoms with Gasteiger partial charge < -0.3 is 14.7 Å². The topological polar surface area (TPSA) is 95.9 Å². The molecular formula is C19H27F3N4O4. The number of methoxy groups -OCH3 is 1. The zero-order chi connectivity index (χ0) is 22.2. The fraction of sp³-hybridized carbons (Fsp3) is 0.684. The third-order valence-electron chi connectivity index (χ3n) is 5.52. The van der Waals surface area contributed by atoms with Gasteiger partial charge in [0.05, 0.1) is 6.20 Å². The number of carboxylic acid groups (broad SMARTS) is 1. The zero-order valence-electron chi connectivity index (χ0n) is 16.9. The highest BCUT2D eigenvalue weighted by Crippen LogP contribution is 2.38. The first-order valence-corrected chi connectivity index (χ1v) is 9.79. The number of amides is 1. The average Bonchev–Trinajstić information content (AvgIpc) is 3.10. The summed E-state index contributed by atoms with van der Waals surface area (Å²) < 4.78 is 36.9. The summed E-state index contributed by atoms with van der Waals surface area (Å²) in [7, 11) is 1.76. The second-order valence-corrected chi connectivity index (χ2v) is 7.35. The number of carboxylic acids is 1. The van der Waals surface area contributed by atoms with Crippen molar-refractivity contribution in [2.75, 3.05) is 39.9 Å². The molecule has 11 heteroatoms. The van der Waals surface area contributed by atoms with Crippen LogP contribution in [0, 0.1) is 0 Å². The summed E-state index contributed by atoms with van der Waals surface area (Å²) >= 11 is 0. The van der Waals surface area contributed by atoms with Crippen LogP contribution in [0.1, 0.15) is 42.6 Å². The molecule has 2 aliphatic rings. The van der Waals surface area contributed by atoms with Gasteiger partial charge in [0.25, 0.3) is 5.91 Å². The number of nitrogens with zero attached hydrogens (tertiary/aromatic N) is 4. The molecule has 2 saturated heterocycles.